The third-order valence-electron chi connectivity index (χ3n) is 3.58. The van der Waals surface area contributed by atoms with Crippen LogP contribution >= 0.6 is 57.4 Å². The number of nitrogens with zero attached hydrogens (tertiary/aromatic N) is 1. The van der Waals surface area contributed by atoms with E-state index >= 15 is 0 Å². The molecule has 2 aromatic carbocycles. The van der Waals surface area contributed by atoms with Crippen LogP contribution < -0.4 is 10.2 Å². The average molecular weight is 508 g/mol. The number of carbonyl (C=O) groups is 2. The van der Waals surface area contributed by atoms with Gasteiger partial charge in [0.15, 0.2) is 0 Å². The molecule has 0 aromatic heterocycles. The van der Waals surface area contributed by atoms with Crippen molar-refractivity contribution in [3.05, 3.63) is 66.3 Å². The maximum Gasteiger partial charge on any atom is 0.283 e. The molecule has 0 saturated heterocycles. The van der Waals surface area contributed by atoms with E-state index in [9.17, 15) is 9.59 Å². The predicted octanol–water partition coefficient (Wildman–Crippen LogP) is 5.34. The molecule has 0 spiro atoms. The summed E-state index contributed by atoms with van der Waals surface area (Å²) in [6, 6.07) is 10.1. The van der Waals surface area contributed by atoms with Gasteiger partial charge in [0.25, 0.3) is 11.8 Å². The normalized spacial score (nSPS) is 14.5. The van der Waals surface area contributed by atoms with Crippen molar-refractivity contribution in [2.45, 2.75) is 6.92 Å². The number of benzene rings is 2. The smallest absolute Gasteiger partial charge is 0.283 e. The second kappa shape index (κ2) is 7.15. The molecule has 1 aliphatic rings. The Morgan fingerprint density at radius 1 is 0.960 bits per heavy atom. The monoisotopic (exact) mass is 506 g/mol. The highest BCUT2D eigenvalue weighted by molar-refractivity contribution is 14.1. The van der Waals surface area contributed by atoms with Gasteiger partial charge in [-0.3, -0.25) is 9.59 Å². The number of imide groups is 1. The molecular formula is C17H10Cl3IN2O2. The first kappa shape index (κ1) is 18.5. The van der Waals surface area contributed by atoms with Gasteiger partial charge >= 0.3 is 0 Å². The lowest BCUT2D eigenvalue weighted by Gasteiger charge is -2.16. The summed E-state index contributed by atoms with van der Waals surface area (Å²) in [5, 5.41) is 3.41. The molecule has 1 N–H and O–H groups in total. The SMILES string of the molecule is Cc1cc(I)ccc1NC1=C(Cl)C(=O)N(c2cc(Cl)cc(Cl)c2)C1=O. The molecule has 0 aliphatic carbocycles. The van der Waals surface area contributed by atoms with Crippen LogP contribution in [0.4, 0.5) is 11.4 Å². The second-order valence-corrected chi connectivity index (χ2v) is 7.84. The summed E-state index contributed by atoms with van der Waals surface area (Å²) in [6.45, 7) is 1.90. The largest absolute Gasteiger partial charge is 0.349 e. The van der Waals surface area contributed by atoms with Gasteiger partial charge in [-0.15, -0.1) is 0 Å². The molecule has 0 bridgehead atoms. The second-order valence-electron chi connectivity index (χ2n) is 5.35. The van der Waals surface area contributed by atoms with Crippen LogP contribution in [0.1, 0.15) is 5.56 Å². The van der Waals surface area contributed by atoms with Gasteiger partial charge in [-0.1, -0.05) is 34.8 Å². The standard InChI is InChI=1S/C17H10Cl3IN2O2/c1-8-4-11(21)2-3-13(8)22-15-14(20)16(24)23(17(15)25)12-6-9(18)5-10(19)7-12/h2-7,22H,1H3. The summed E-state index contributed by atoms with van der Waals surface area (Å²) in [6.07, 6.45) is 0. The van der Waals surface area contributed by atoms with E-state index < -0.39 is 11.8 Å². The third-order valence-corrected chi connectivity index (χ3v) is 5.04. The maximum absolute atomic E-state index is 12.7. The number of rotatable bonds is 3. The van der Waals surface area contributed by atoms with Gasteiger partial charge < -0.3 is 5.32 Å². The zero-order valence-corrected chi connectivity index (χ0v) is 17.2. The number of aryl methyl sites for hydroxylation is 1. The number of hydrogen-bond donors (Lipinski definition) is 1. The summed E-state index contributed by atoms with van der Waals surface area (Å²) < 4.78 is 1.06. The topological polar surface area (TPSA) is 49.4 Å². The molecule has 0 unspecified atom stereocenters. The average Bonchev–Trinajstić information content (AvgIpc) is 2.72. The van der Waals surface area contributed by atoms with Gasteiger partial charge in [0.05, 0.1) is 5.69 Å². The molecule has 0 radical (unpaired) electrons. The molecule has 128 valence electrons. The molecule has 8 heteroatoms. The van der Waals surface area contributed by atoms with Crippen molar-refractivity contribution in [3.8, 4) is 0 Å². The lowest BCUT2D eigenvalue weighted by atomic mass is 10.2. The van der Waals surface area contributed by atoms with Crippen LogP contribution in [0.2, 0.25) is 10.0 Å². The van der Waals surface area contributed by atoms with Crippen molar-refractivity contribution in [1.29, 1.82) is 0 Å². The molecule has 0 atom stereocenters. The zero-order chi connectivity index (χ0) is 18.3. The summed E-state index contributed by atoms with van der Waals surface area (Å²) in [4.78, 5) is 26.2. The molecule has 0 fully saturated rings. The van der Waals surface area contributed by atoms with Crippen molar-refractivity contribution < 1.29 is 9.59 Å². The zero-order valence-electron chi connectivity index (χ0n) is 12.7. The number of carbonyl (C=O) groups excluding carboxylic acids is 2. The van der Waals surface area contributed by atoms with E-state index in [2.05, 4.69) is 27.9 Å². The number of amides is 2. The van der Waals surface area contributed by atoms with E-state index in [1.165, 1.54) is 18.2 Å². The Kier molecular flexibility index (Phi) is 5.29. The molecule has 4 nitrogen and oxygen atoms in total. The van der Waals surface area contributed by atoms with Crippen LogP contribution in [0.15, 0.2) is 47.1 Å². The van der Waals surface area contributed by atoms with Crippen molar-refractivity contribution in [2.24, 2.45) is 0 Å². The Morgan fingerprint density at radius 3 is 2.20 bits per heavy atom. The Balaban J connectivity index is 1.96. The number of hydrogen-bond acceptors (Lipinski definition) is 3. The summed E-state index contributed by atoms with van der Waals surface area (Å²) in [7, 11) is 0. The Morgan fingerprint density at radius 2 is 1.60 bits per heavy atom. The Labute approximate surface area is 172 Å². The fraction of sp³-hybridized carbons (Fsp3) is 0.0588. The van der Waals surface area contributed by atoms with Crippen molar-refractivity contribution in [3.63, 3.8) is 0 Å². The van der Waals surface area contributed by atoms with Crippen molar-refractivity contribution >= 4 is 80.6 Å². The quantitative estimate of drug-likeness (QED) is 0.451. The molecule has 25 heavy (non-hydrogen) atoms. The molecule has 1 aliphatic heterocycles. The summed E-state index contributed by atoms with van der Waals surface area (Å²) in [5.74, 6) is -1.19. The first-order valence-electron chi connectivity index (χ1n) is 7.06. The highest BCUT2D eigenvalue weighted by Crippen LogP contribution is 2.33. The predicted molar refractivity (Wildman–Crippen MR) is 109 cm³/mol. The fourth-order valence-corrected chi connectivity index (χ4v) is 3.79. The minimum absolute atomic E-state index is 0.0204. The first-order chi connectivity index (χ1) is 11.8. The maximum atomic E-state index is 12.7. The van der Waals surface area contributed by atoms with Gasteiger partial charge in [-0.05, 0) is 71.5 Å². The molecule has 2 amide bonds. The lowest BCUT2D eigenvalue weighted by Crippen LogP contribution is -2.32. The van der Waals surface area contributed by atoms with Crippen molar-refractivity contribution in [2.75, 3.05) is 10.2 Å². The van der Waals surface area contributed by atoms with Crippen LogP contribution in [0, 0.1) is 10.5 Å². The summed E-state index contributed by atoms with van der Waals surface area (Å²) >= 11 is 20.2. The molecular weight excluding hydrogens is 497 g/mol. The molecule has 0 saturated carbocycles. The Hall–Kier alpha value is -1.28. The van der Waals surface area contributed by atoms with Gasteiger partial charge in [-0.2, -0.15) is 0 Å². The van der Waals surface area contributed by atoms with E-state index in [0.29, 0.717) is 15.7 Å². The van der Waals surface area contributed by atoms with Crippen LogP contribution in [0.5, 0.6) is 0 Å². The highest BCUT2D eigenvalue weighted by Gasteiger charge is 2.39. The Bertz CT molecular complexity index is 923. The van der Waals surface area contributed by atoms with E-state index in [4.69, 9.17) is 34.8 Å². The van der Waals surface area contributed by atoms with Crippen LogP contribution in [0.25, 0.3) is 0 Å². The molecule has 3 rings (SSSR count). The van der Waals surface area contributed by atoms with E-state index in [1.54, 1.807) is 0 Å². The van der Waals surface area contributed by atoms with Gasteiger partial charge in [0.1, 0.15) is 10.7 Å². The van der Waals surface area contributed by atoms with Crippen LogP contribution in [-0.4, -0.2) is 11.8 Å². The van der Waals surface area contributed by atoms with E-state index in [0.717, 1.165) is 14.0 Å². The van der Waals surface area contributed by atoms with Gasteiger partial charge in [0, 0.05) is 19.3 Å². The number of nitrogens with one attached hydrogen (secondary N) is 1. The van der Waals surface area contributed by atoms with Crippen LogP contribution in [0.3, 0.4) is 0 Å². The lowest BCUT2D eigenvalue weighted by molar-refractivity contribution is -0.120. The summed E-state index contributed by atoms with van der Waals surface area (Å²) in [5.41, 5.74) is 1.91. The van der Waals surface area contributed by atoms with E-state index in [-0.39, 0.29) is 16.4 Å². The number of anilines is 2. The van der Waals surface area contributed by atoms with Gasteiger partial charge in [-0.25, -0.2) is 4.90 Å². The minimum Gasteiger partial charge on any atom is -0.349 e. The number of halogens is 4. The third kappa shape index (κ3) is 3.65. The minimum atomic E-state index is -0.629. The fourth-order valence-electron chi connectivity index (χ4n) is 2.42. The van der Waals surface area contributed by atoms with Crippen molar-refractivity contribution in [1.82, 2.24) is 0 Å². The van der Waals surface area contributed by atoms with E-state index in [1.807, 2.05) is 25.1 Å². The molecule has 2 aromatic rings. The van der Waals surface area contributed by atoms with Gasteiger partial charge in [0.2, 0.25) is 0 Å². The van der Waals surface area contributed by atoms with Crippen LogP contribution in [-0.2, 0) is 9.59 Å². The highest BCUT2D eigenvalue weighted by atomic mass is 127. The first-order valence-corrected chi connectivity index (χ1v) is 9.27. The molecule has 1 heterocycles.